The summed E-state index contributed by atoms with van der Waals surface area (Å²) in [5.74, 6) is -0.508. The third kappa shape index (κ3) is 4.59. The molecule has 1 N–H and O–H groups in total. The number of ether oxygens (including phenoxy) is 1. The van der Waals surface area contributed by atoms with Gasteiger partial charge in [0.25, 0.3) is 0 Å². The number of carboxylic acids is 1. The lowest BCUT2D eigenvalue weighted by atomic mass is 9.85. The van der Waals surface area contributed by atoms with Crippen molar-refractivity contribution in [2.75, 3.05) is 31.0 Å². The molecule has 38 heavy (non-hydrogen) atoms. The molecule has 0 saturated heterocycles. The minimum atomic E-state index is -0.735. The van der Waals surface area contributed by atoms with Crippen LogP contribution in [0.4, 0.5) is 20.6 Å². The first-order valence-electron chi connectivity index (χ1n) is 13.3. The van der Waals surface area contributed by atoms with Gasteiger partial charge in [0.15, 0.2) is 0 Å². The normalized spacial score (nSPS) is 21.3. The van der Waals surface area contributed by atoms with Gasteiger partial charge in [-0.25, -0.2) is 14.2 Å². The molecule has 2 heterocycles. The number of rotatable bonds is 5. The number of carbonyl (C=O) groups is 2. The second-order valence-electron chi connectivity index (χ2n) is 10.8. The molecule has 1 aliphatic carbocycles. The third-order valence-corrected chi connectivity index (χ3v) is 8.17. The number of aromatic nitrogens is 2. The topological polar surface area (TPSA) is 87.9 Å². The number of benzene rings is 2. The highest BCUT2D eigenvalue weighted by molar-refractivity contribution is 5.95. The van der Waals surface area contributed by atoms with Crippen molar-refractivity contribution < 1.29 is 23.8 Å². The van der Waals surface area contributed by atoms with Crippen LogP contribution in [0, 0.1) is 11.7 Å². The summed E-state index contributed by atoms with van der Waals surface area (Å²) in [4.78, 5) is 32.8. The molecule has 1 atom stereocenters. The first kappa shape index (κ1) is 26.0. The molecule has 5 rings (SSSR count). The van der Waals surface area contributed by atoms with Gasteiger partial charge in [-0.05, 0) is 75.3 Å². The van der Waals surface area contributed by atoms with E-state index in [1.165, 1.54) is 7.11 Å². The van der Waals surface area contributed by atoms with Crippen LogP contribution in [-0.4, -0.2) is 54.0 Å². The zero-order chi connectivity index (χ0) is 27.1. The number of amides is 1. The SMILES string of the molecule is COC(=O)N1c2ccc3c(nc(Cc4ccc(N(C)C)c(F)c4)n3[C@H]3CC[C@H](C(=O)O)CC3)c2CC[C@@H]1C. The maximum atomic E-state index is 14.8. The van der Waals surface area contributed by atoms with Crippen LogP contribution < -0.4 is 9.80 Å². The molecule has 2 aliphatic rings. The number of aliphatic carboxylic acids is 1. The predicted molar refractivity (Wildman–Crippen MR) is 145 cm³/mol. The lowest BCUT2D eigenvalue weighted by Crippen LogP contribution is -2.42. The Morgan fingerprint density at radius 2 is 1.87 bits per heavy atom. The van der Waals surface area contributed by atoms with Crippen molar-refractivity contribution in [2.45, 2.75) is 64.0 Å². The Morgan fingerprint density at radius 1 is 1.13 bits per heavy atom. The van der Waals surface area contributed by atoms with Crippen molar-refractivity contribution in [2.24, 2.45) is 5.92 Å². The van der Waals surface area contributed by atoms with E-state index in [1.54, 1.807) is 21.9 Å². The summed E-state index contributed by atoms with van der Waals surface area (Å²) in [7, 11) is 5.02. The van der Waals surface area contributed by atoms with E-state index in [9.17, 15) is 19.1 Å². The van der Waals surface area contributed by atoms with E-state index in [0.717, 1.165) is 59.4 Å². The van der Waals surface area contributed by atoms with Crippen LogP contribution in [0.2, 0.25) is 0 Å². The quantitative estimate of drug-likeness (QED) is 0.472. The second-order valence-corrected chi connectivity index (χ2v) is 10.8. The minimum Gasteiger partial charge on any atom is -0.481 e. The lowest BCUT2D eigenvalue weighted by molar-refractivity contribution is -0.143. The summed E-state index contributed by atoms with van der Waals surface area (Å²) in [5.41, 5.74) is 5.00. The molecule has 1 amide bonds. The fourth-order valence-electron chi connectivity index (χ4n) is 6.14. The summed E-state index contributed by atoms with van der Waals surface area (Å²) >= 11 is 0. The van der Waals surface area contributed by atoms with Crippen molar-refractivity contribution in [3.05, 3.63) is 53.1 Å². The number of carbonyl (C=O) groups excluding carboxylic acids is 1. The average Bonchev–Trinajstić information content (AvgIpc) is 3.26. The maximum absolute atomic E-state index is 14.8. The molecule has 8 nitrogen and oxygen atoms in total. The molecular weight excluding hydrogens is 487 g/mol. The molecule has 0 bridgehead atoms. The van der Waals surface area contributed by atoms with Crippen LogP contribution in [0.15, 0.2) is 30.3 Å². The zero-order valence-corrected chi connectivity index (χ0v) is 22.4. The van der Waals surface area contributed by atoms with Gasteiger partial charge in [-0.15, -0.1) is 0 Å². The fraction of sp³-hybridized carbons (Fsp3) is 0.483. The van der Waals surface area contributed by atoms with Crippen LogP contribution in [0.5, 0.6) is 0 Å². The molecule has 1 saturated carbocycles. The van der Waals surface area contributed by atoms with Gasteiger partial charge in [0, 0.05) is 38.2 Å². The highest BCUT2D eigenvalue weighted by atomic mass is 19.1. The van der Waals surface area contributed by atoms with Crippen molar-refractivity contribution in [3.63, 3.8) is 0 Å². The molecule has 1 aromatic heterocycles. The molecule has 9 heteroatoms. The first-order chi connectivity index (χ1) is 18.2. The third-order valence-electron chi connectivity index (χ3n) is 8.17. The van der Waals surface area contributed by atoms with Gasteiger partial charge in [0.2, 0.25) is 0 Å². The lowest BCUT2D eigenvalue weighted by Gasteiger charge is -2.34. The number of anilines is 2. The standard InChI is InChI=1S/C29H35FN4O4/c1-17-5-11-21-23(33(17)29(37)38-4)13-14-25-27(21)31-26(16-18-6-12-24(32(2)3)22(30)15-18)34(25)20-9-7-19(8-10-20)28(35)36/h6,12-15,17,19-20H,5,7-11,16H2,1-4H3,(H,35,36)/t17-,19-,20-/m0/s1. The van der Waals surface area contributed by atoms with Gasteiger partial charge in [0.05, 0.1) is 35.4 Å². The Hall–Kier alpha value is -3.62. The van der Waals surface area contributed by atoms with Crippen LogP contribution in [-0.2, 0) is 22.4 Å². The van der Waals surface area contributed by atoms with Crippen molar-refractivity contribution >= 4 is 34.5 Å². The Kier molecular flexibility index (Phi) is 7.03. The molecule has 1 aliphatic heterocycles. The van der Waals surface area contributed by atoms with E-state index in [2.05, 4.69) is 4.57 Å². The molecule has 0 spiro atoms. The Balaban J connectivity index is 1.60. The molecule has 0 unspecified atom stereocenters. The van der Waals surface area contributed by atoms with Gasteiger partial charge < -0.3 is 19.3 Å². The monoisotopic (exact) mass is 522 g/mol. The molecule has 0 radical (unpaired) electrons. The summed E-state index contributed by atoms with van der Waals surface area (Å²) in [6.07, 6.45) is 4.36. The molecule has 2 aromatic carbocycles. The van der Waals surface area contributed by atoms with Crippen LogP contribution in [0.1, 0.15) is 62.0 Å². The summed E-state index contributed by atoms with van der Waals surface area (Å²) in [6.45, 7) is 2.01. The van der Waals surface area contributed by atoms with Gasteiger partial charge in [0.1, 0.15) is 11.6 Å². The van der Waals surface area contributed by atoms with Crippen molar-refractivity contribution in [3.8, 4) is 0 Å². The number of hydrogen-bond acceptors (Lipinski definition) is 5. The number of hydrogen-bond donors (Lipinski definition) is 1. The summed E-state index contributed by atoms with van der Waals surface area (Å²) in [6, 6.07) is 9.38. The van der Waals surface area contributed by atoms with Crippen LogP contribution >= 0.6 is 0 Å². The summed E-state index contributed by atoms with van der Waals surface area (Å²) in [5, 5.41) is 9.51. The minimum absolute atomic E-state index is 0.0124. The van der Waals surface area contributed by atoms with E-state index in [1.807, 2.05) is 39.2 Å². The zero-order valence-electron chi connectivity index (χ0n) is 22.4. The number of methoxy groups -OCH3 is 1. The van der Waals surface area contributed by atoms with Gasteiger partial charge >= 0.3 is 12.1 Å². The van der Waals surface area contributed by atoms with Crippen LogP contribution in [0.3, 0.4) is 0 Å². The van der Waals surface area contributed by atoms with Gasteiger partial charge in [-0.1, -0.05) is 6.07 Å². The van der Waals surface area contributed by atoms with E-state index in [4.69, 9.17) is 9.72 Å². The number of nitrogens with zero attached hydrogens (tertiary/aromatic N) is 4. The first-order valence-corrected chi connectivity index (χ1v) is 13.3. The predicted octanol–water partition coefficient (Wildman–Crippen LogP) is 5.56. The van der Waals surface area contributed by atoms with E-state index in [-0.39, 0.29) is 29.9 Å². The number of fused-ring (bicyclic) bond motifs is 3. The largest absolute Gasteiger partial charge is 0.481 e. The molecule has 1 fully saturated rings. The van der Waals surface area contributed by atoms with Gasteiger partial charge in [-0.3, -0.25) is 9.69 Å². The van der Waals surface area contributed by atoms with E-state index < -0.39 is 5.97 Å². The highest BCUT2D eigenvalue weighted by Gasteiger charge is 2.33. The molecule has 202 valence electrons. The highest BCUT2D eigenvalue weighted by Crippen LogP contribution is 2.40. The second kappa shape index (κ2) is 10.3. The molecule has 3 aromatic rings. The maximum Gasteiger partial charge on any atom is 0.414 e. The van der Waals surface area contributed by atoms with Crippen molar-refractivity contribution in [1.82, 2.24) is 9.55 Å². The number of halogens is 1. The Labute approximate surface area is 222 Å². The fourth-order valence-corrected chi connectivity index (χ4v) is 6.14. The van der Waals surface area contributed by atoms with E-state index >= 15 is 0 Å². The Bertz CT molecular complexity index is 1380. The van der Waals surface area contributed by atoms with E-state index in [0.29, 0.717) is 24.9 Å². The van der Waals surface area contributed by atoms with Gasteiger partial charge in [-0.2, -0.15) is 0 Å². The van der Waals surface area contributed by atoms with Crippen molar-refractivity contribution in [1.29, 1.82) is 0 Å². The Morgan fingerprint density at radius 3 is 2.50 bits per heavy atom. The number of carboxylic acid groups (broad SMARTS) is 1. The van der Waals surface area contributed by atoms with Crippen LogP contribution in [0.25, 0.3) is 11.0 Å². The summed E-state index contributed by atoms with van der Waals surface area (Å²) < 4.78 is 22.1. The smallest absolute Gasteiger partial charge is 0.414 e. The average molecular weight is 523 g/mol. The number of imidazole rings is 1. The molecular formula is C29H35FN4O4. The number of aryl methyl sites for hydroxylation is 1.